The lowest BCUT2D eigenvalue weighted by Gasteiger charge is -2.39. The van der Waals surface area contributed by atoms with Gasteiger partial charge in [-0.05, 0) is 38.5 Å². The summed E-state index contributed by atoms with van der Waals surface area (Å²) in [6.07, 6.45) is 27.9. The topological polar surface area (TPSA) is 152 Å². The predicted molar refractivity (Wildman–Crippen MR) is 210 cm³/mol. The van der Waals surface area contributed by atoms with Gasteiger partial charge < -0.3 is 39.4 Å². The van der Waals surface area contributed by atoms with Gasteiger partial charge in [-0.3, -0.25) is 9.59 Å². The van der Waals surface area contributed by atoms with E-state index in [0.717, 1.165) is 51.4 Å². The van der Waals surface area contributed by atoms with Crippen molar-refractivity contribution in [1.82, 2.24) is 0 Å². The molecule has 0 aromatic carbocycles. The standard InChI is InChI=1S/C43H80O10/c1-3-5-7-9-11-13-15-17-18-20-21-23-25-27-29-31-38(45)50-34-36(35-51-43-42(49)41(48)40(47)37(33-44)53-43)52-39(46)32-30-28-26-24-22-19-16-14-12-10-8-6-4-2/h18,20,36-37,40-44,47-49H,3-17,19,21-35H2,1-2H3. The van der Waals surface area contributed by atoms with Crippen LogP contribution >= 0.6 is 0 Å². The molecule has 10 heteroatoms. The van der Waals surface area contributed by atoms with Gasteiger partial charge >= 0.3 is 11.9 Å². The largest absolute Gasteiger partial charge is 0.462 e. The van der Waals surface area contributed by atoms with E-state index in [1.165, 1.54) is 103 Å². The van der Waals surface area contributed by atoms with Crippen molar-refractivity contribution in [3.8, 4) is 0 Å². The highest BCUT2D eigenvalue weighted by Crippen LogP contribution is 2.23. The van der Waals surface area contributed by atoms with Crippen molar-refractivity contribution >= 4 is 11.9 Å². The summed E-state index contributed by atoms with van der Waals surface area (Å²) >= 11 is 0. The smallest absolute Gasteiger partial charge is 0.306 e. The minimum absolute atomic E-state index is 0.218. The molecule has 53 heavy (non-hydrogen) atoms. The highest BCUT2D eigenvalue weighted by Gasteiger charge is 2.44. The molecular formula is C43H80O10. The minimum Gasteiger partial charge on any atom is -0.462 e. The first-order valence-corrected chi connectivity index (χ1v) is 21.8. The number of ether oxygens (including phenoxy) is 4. The molecule has 1 rings (SSSR count). The third-order valence-electron chi connectivity index (χ3n) is 10.2. The molecule has 0 radical (unpaired) electrons. The van der Waals surface area contributed by atoms with Gasteiger partial charge in [0.15, 0.2) is 12.4 Å². The van der Waals surface area contributed by atoms with Gasteiger partial charge in [0.05, 0.1) is 13.2 Å². The van der Waals surface area contributed by atoms with Crippen LogP contribution in [0.15, 0.2) is 12.2 Å². The number of carbonyl (C=O) groups is 2. The van der Waals surface area contributed by atoms with Gasteiger partial charge in [-0.15, -0.1) is 0 Å². The summed E-state index contributed by atoms with van der Waals surface area (Å²) in [6.45, 7) is 3.41. The van der Waals surface area contributed by atoms with E-state index in [-0.39, 0.29) is 32.0 Å². The van der Waals surface area contributed by atoms with E-state index < -0.39 is 49.4 Å². The molecule has 4 N–H and O–H groups in total. The molecule has 10 nitrogen and oxygen atoms in total. The van der Waals surface area contributed by atoms with Crippen LogP contribution in [0.3, 0.4) is 0 Å². The molecule has 1 saturated heterocycles. The van der Waals surface area contributed by atoms with Gasteiger partial charge in [-0.2, -0.15) is 0 Å². The number of aliphatic hydroxyl groups is 4. The Labute approximate surface area is 322 Å². The maximum absolute atomic E-state index is 12.7. The average Bonchev–Trinajstić information content (AvgIpc) is 3.15. The number of unbranched alkanes of at least 4 members (excludes halogenated alkanes) is 23. The Balaban J connectivity index is 2.35. The van der Waals surface area contributed by atoms with Gasteiger partial charge in [0.2, 0.25) is 0 Å². The van der Waals surface area contributed by atoms with E-state index >= 15 is 0 Å². The van der Waals surface area contributed by atoms with E-state index in [1.54, 1.807) is 0 Å². The first-order valence-electron chi connectivity index (χ1n) is 21.8. The zero-order chi connectivity index (χ0) is 38.8. The lowest BCUT2D eigenvalue weighted by Crippen LogP contribution is -2.59. The molecular weight excluding hydrogens is 676 g/mol. The number of carbonyl (C=O) groups excluding carboxylic acids is 2. The number of esters is 2. The number of hydrogen-bond donors (Lipinski definition) is 4. The Kier molecular flexibility index (Phi) is 32.6. The number of hydrogen-bond acceptors (Lipinski definition) is 10. The van der Waals surface area contributed by atoms with Gasteiger partial charge in [-0.25, -0.2) is 0 Å². The van der Waals surface area contributed by atoms with E-state index in [4.69, 9.17) is 18.9 Å². The maximum Gasteiger partial charge on any atom is 0.306 e. The number of rotatable bonds is 36. The van der Waals surface area contributed by atoms with Crippen LogP contribution in [-0.4, -0.2) is 89.0 Å². The second kappa shape index (κ2) is 34.9. The van der Waals surface area contributed by atoms with E-state index in [1.807, 2.05) is 0 Å². The van der Waals surface area contributed by atoms with Crippen molar-refractivity contribution in [2.75, 3.05) is 19.8 Å². The van der Waals surface area contributed by atoms with Crippen LogP contribution in [0.1, 0.15) is 194 Å². The molecule has 312 valence electrons. The average molecular weight is 757 g/mol. The van der Waals surface area contributed by atoms with Crippen molar-refractivity contribution < 1.29 is 49.0 Å². The summed E-state index contributed by atoms with van der Waals surface area (Å²) in [7, 11) is 0. The molecule has 1 aliphatic heterocycles. The second-order valence-electron chi connectivity index (χ2n) is 15.2. The molecule has 0 spiro atoms. The van der Waals surface area contributed by atoms with Crippen LogP contribution in [0.5, 0.6) is 0 Å². The van der Waals surface area contributed by atoms with Crippen molar-refractivity contribution in [2.45, 2.75) is 230 Å². The van der Waals surface area contributed by atoms with Gasteiger partial charge in [-0.1, -0.05) is 154 Å². The third-order valence-corrected chi connectivity index (χ3v) is 10.2. The zero-order valence-electron chi connectivity index (χ0n) is 33.8. The normalized spacial score (nSPS) is 20.9. The Morgan fingerprint density at radius 3 is 1.47 bits per heavy atom. The fourth-order valence-electron chi connectivity index (χ4n) is 6.65. The molecule has 0 aliphatic carbocycles. The number of allylic oxidation sites excluding steroid dienone is 2. The monoisotopic (exact) mass is 757 g/mol. The van der Waals surface area contributed by atoms with Gasteiger partial charge in [0.25, 0.3) is 0 Å². The highest BCUT2D eigenvalue weighted by molar-refractivity contribution is 5.70. The van der Waals surface area contributed by atoms with Crippen LogP contribution < -0.4 is 0 Å². The summed E-state index contributed by atoms with van der Waals surface area (Å²) in [6, 6.07) is 0. The second-order valence-corrected chi connectivity index (χ2v) is 15.2. The Bertz CT molecular complexity index is 881. The van der Waals surface area contributed by atoms with E-state index in [9.17, 15) is 30.0 Å². The number of aliphatic hydroxyl groups excluding tert-OH is 4. The summed E-state index contributed by atoms with van der Waals surface area (Å²) < 4.78 is 22.1. The molecule has 6 unspecified atom stereocenters. The zero-order valence-corrected chi connectivity index (χ0v) is 33.8. The molecule has 0 bridgehead atoms. The Morgan fingerprint density at radius 1 is 0.566 bits per heavy atom. The Hall–Kier alpha value is -1.56. The first kappa shape index (κ1) is 49.5. The first-order chi connectivity index (χ1) is 25.8. The van der Waals surface area contributed by atoms with E-state index in [0.29, 0.717) is 12.8 Å². The maximum atomic E-state index is 12.7. The van der Waals surface area contributed by atoms with Crippen LogP contribution in [-0.2, 0) is 28.5 Å². The fourth-order valence-corrected chi connectivity index (χ4v) is 6.65. The molecule has 1 fully saturated rings. The quantitative estimate of drug-likeness (QED) is 0.0277. The van der Waals surface area contributed by atoms with Crippen LogP contribution in [0, 0.1) is 0 Å². The molecule has 0 aromatic rings. The fraction of sp³-hybridized carbons (Fsp3) is 0.907. The van der Waals surface area contributed by atoms with Crippen LogP contribution in [0.2, 0.25) is 0 Å². The molecule has 6 atom stereocenters. The molecule has 0 amide bonds. The van der Waals surface area contributed by atoms with E-state index in [2.05, 4.69) is 26.0 Å². The van der Waals surface area contributed by atoms with Crippen molar-refractivity contribution in [3.63, 3.8) is 0 Å². The third kappa shape index (κ3) is 26.8. The SMILES string of the molecule is CCCCCCCCCC=CCCCCCCC(=O)OCC(COC1OC(CO)C(O)C(O)C1O)OC(=O)CCCCCCCCCCCCCCC. The minimum atomic E-state index is -1.59. The molecule has 0 aromatic heterocycles. The summed E-state index contributed by atoms with van der Waals surface area (Å²) in [5.74, 6) is -0.812. The van der Waals surface area contributed by atoms with Gasteiger partial charge in [0.1, 0.15) is 31.0 Å². The lowest BCUT2D eigenvalue weighted by atomic mass is 9.99. The molecule has 0 saturated carbocycles. The van der Waals surface area contributed by atoms with Crippen LogP contribution in [0.4, 0.5) is 0 Å². The summed E-state index contributed by atoms with van der Waals surface area (Å²) in [5, 5.41) is 40.0. The molecule has 1 heterocycles. The van der Waals surface area contributed by atoms with Crippen molar-refractivity contribution in [1.29, 1.82) is 0 Å². The molecule has 1 aliphatic rings. The van der Waals surface area contributed by atoms with Crippen LogP contribution in [0.25, 0.3) is 0 Å². The van der Waals surface area contributed by atoms with Crippen molar-refractivity contribution in [3.05, 3.63) is 12.2 Å². The summed E-state index contributed by atoms with van der Waals surface area (Å²) in [5.41, 5.74) is 0. The predicted octanol–water partition coefficient (Wildman–Crippen LogP) is 8.78. The van der Waals surface area contributed by atoms with Gasteiger partial charge in [0, 0.05) is 12.8 Å². The van der Waals surface area contributed by atoms with Crippen molar-refractivity contribution in [2.24, 2.45) is 0 Å². The Morgan fingerprint density at radius 2 is 1.00 bits per heavy atom. The lowest BCUT2D eigenvalue weighted by molar-refractivity contribution is -0.305. The summed E-state index contributed by atoms with van der Waals surface area (Å²) in [4.78, 5) is 25.3. The highest BCUT2D eigenvalue weighted by atomic mass is 16.7.